The number of benzene rings is 2. The zero-order valence-corrected chi connectivity index (χ0v) is 11.8. The van der Waals surface area contributed by atoms with E-state index in [9.17, 15) is 4.39 Å². The van der Waals surface area contributed by atoms with Crippen LogP contribution in [0.4, 0.5) is 4.39 Å². The zero-order valence-electron chi connectivity index (χ0n) is 11.8. The van der Waals surface area contributed by atoms with Crippen LogP contribution in [0.25, 0.3) is 0 Å². The van der Waals surface area contributed by atoms with Gasteiger partial charge in [-0.05, 0) is 49.7 Å². The molecule has 0 amide bonds. The molecule has 0 aliphatic rings. The first kappa shape index (κ1) is 14.3. The van der Waals surface area contributed by atoms with E-state index in [0.29, 0.717) is 22.8 Å². The summed E-state index contributed by atoms with van der Waals surface area (Å²) in [7, 11) is 1.59. The smallest absolute Gasteiger partial charge is 0.135 e. The molecule has 0 aliphatic heterocycles. The van der Waals surface area contributed by atoms with E-state index in [1.54, 1.807) is 26.2 Å². The molecule has 1 atom stereocenters. The number of hydrogen-bond acceptors (Lipinski definition) is 3. The van der Waals surface area contributed by atoms with Crippen molar-refractivity contribution in [1.29, 1.82) is 0 Å². The molecule has 0 heterocycles. The van der Waals surface area contributed by atoms with Gasteiger partial charge >= 0.3 is 0 Å². The second kappa shape index (κ2) is 5.92. The molecular formula is C16H18FNO2. The van der Waals surface area contributed by atoms with Crippen LogP contribution in [0.2, 0.25) is 0 Å². The lowest BCUT2D eigenvalue weighted by atomic mass is 10.1. The van der Waals surface area contributed by atoms with Crippen molar-refractivity contribution in [3.8, 4) is 17.2 Å². The molecule has 0 radical (unpaired) electrons. The Bertz CT molecular complexity index is 611. The minimum Gasteiger partial charge on any atom is -0.496 e. The zero-order chi connectivity index (χ0) is 14.7. The van der Waals surface area contributed by atoms with E-state index in [2.05, 4.69) is 0 Å². The maximum atomic E-state index is 13.3. The third kappa shape index (κ3) is 2.91. The first-order chi connectivity index (χ1) is 9.52. The molecule has 0 aliphatic carbocycles. The summed E-state index contributed by atoms with van der Waals surface area (Å²) in [5.74, 6) is 1.61. The summed E-state index contributed by atoms with van der Waals surface area (Å²) in [6.45, 7) is 3.56. The number of methoxy groups -OCH3 is 1. The van der Waals surface area contributed by atoms with E-state index in [0.717, 1.165) is 5.56 Å². The average Bonchev–Trinajstić information content (AvgIpc) is 2.42. The number of halogens is 1. The highest BCUT2D eigenvalue weighted by Crippen LogP contribution is 2.35. The van der Waals surface area contributed by atoms with Gasteiger partial charge in [-0.15, -0.1) is 0 Å². The van der Waals surface area contributed by atoms with E-state index < -0.39 is 0 Å². The van der Waals surface area contributed by atoms with Crippen LogP contribution < -0.4 is 15.2 Å². The topological polar surface area (TPSA) is 44.5 Å². The highest BCUT2D eigenvalue weighted by molar-refractivity contribution is 5.48. The quantitative estimate of drug-likeness (QED) is 0.918. The second-order valence-corrected chi connectivity index (χ2v) is 4.67. The summed E-state index contributed by atoms with van der Waals surface area (Å²) in [5, 5.41) is 0. The van der Waals surface area contributed by atoms with Crippen LogP contribution in [0.3, 0.4) is 0 Å². The van der Waals surface area contributed by atoms with Gasteiger partial charge in [-0.1, -0.05) is 6.07 Å². The van der Waals surface area contributed by atoms with Crippen LogP contribution in [-0.4, -0.2) is 7.11 Å². The third-order valence-electron chi connectivity index (χ3n) is 3.06. The monoisotopic (exact) mass is 275 g/mol. The number of hydrogen-bond donors (Lipinski definition) is 1. The van der Waals surface area contributed by atoms with Crippen molar-refractivity contribution >= 4 is 0 Å². The Morgan fingerprint density at radius 2 is 1.85 bits per heavy atom. The number of aryl methyl sites for hydroxylation is 1. The van der Waals surface area contributed by atoms with Gasteiger partial charge in [-0.2, -0.15) is 0 Å². The van der Waals surface area contributed by atoms with Gasteiger partial charge in [0.25, 0.3) is 0 Å². The molecule has 20 heavy (non-hydrogen) atoms. The van der Waals surface area contributed by atoms with E-state index in [4.69, 9.17) is 15.2 Å². The first-order valence-electron chi connectivity index (χ1n) is 6.39. The predicted molar refractivity (Wildman–Crippen MR) is 76.8 cm³/mol. The Morgan fingerprint density at radius 1 is 1.15 bits per heavy atom. The van der Waals surface area contributed by atoms with Crippen molar-refractivity contribution in [2.45, 2.75) is 19.9 Å². The van der Waals surface area contributed by atoms with Gasteiger partial charge in [0.1, 0.15) is 23.1 Å². The van der Waals surface area contributed by atoms with E-state index in [1.807, 2.05) is 25.1 Å². The van der Waals surface area contributed by atoms with Gasteiger partial charge < -0.3 is 15.2 Å². The second-order valence-electron chi connectivity index (χ2n) is 4.67. The molecule has 2 aromatic carbocycles. The predicted octanol–water partition coefficient (Wildman–Crippen LogP) is 3.95. The lowest BCUT2D eigenvalue weighted by Gasteiger charge is -2.17. The van der Waals surface area contributed by atoms with Gasteiger partial charge in [0.05, 0.1) is 12.7 Å². The van der Waals surface area contributed by atoms with Crippen LogP contribution in [0.1, 0.15) is 24.1 Å². The van der Waals surface area contributed by atoms with Crippen LogP contribution in [0.15, 0.2) is 36.4 Å². The van der Waals surface area contributed by atoms with E-state index in [-0.39, 0.29) is 11.9 Å². The van der Waals surface area contributed by atoms with Crippen LogP contribution in [0.5, 0.6) is 17.2 Å². The minimum atomic E-state index is -0.254. The SMILES string of the molecule is COc1cccc(Oc2ccc(F)c(C)c2)c1[C@@H](C)N. The Labute approximate surface area is 118 Å². The molecule has 0 saturated carbocycles. The molecule has 0 fully saturated rings. The van der Waals surface area contributed by atoms with Gasteiger partial charge in [-0.3, -0.25) is 0 Å². The number of ether oxygens (including phenoxy) is 2. The normalized spacial score (nSPS) is 12.1. The molecule has 106 valence electrons. The molecule has 2 N–H and O–H groups in total. The fourth-order valence-corrected chi connectivity index (χ4v) is 2.05. The Balaban J connectivity index is 2.40. The molecule has 2 rings (SSSR count). The molecular weight excluding hydrogens is 257 g/mol. The number of nitrogens with two attached hydrogens (primary N) is 1. The van der Waals surface area contributed by atoms with Crippen LogP contribution >= 0.6 is 0 Å². The minimum absolute atomic E-state index is 0.234. The fraction of sp³-hybridized carbons (Fsp3) is 0.250. The van der Waals surface area contributed by atoms with E-state index in [1.165, 1.54) is 6.07 Å². The van der Waals surface area contributed by atoms with Crippen molar-refractivity contribution in [1.82, 2.24) is 0 Å². The van der Waals surface area contributed by atoms with Gasteiger partial charge in [0.2, 0.25) is 0 Å². The Kier molecular flexibility index (Phi) is 4.25. The van der Waals surface area contributed by atoms with Gasteiger partial charge in [-0.25, -0.2) is 4.39 Å². The third-order valence-corrected chi connectivity index (χ3v) is 3.06. The molecule has 2 aromatic rings. The summed E-state index contributed by atoms with van der Waals surface area (Å²) >= 11 is 0. The van der Waals surface area contributed by atoms with Crippen LogP contribution in [-0.2, 0) is 0 Å². The standard InChI is InChI=1S/C16H18FNO2/c1-10-9-12(7-8-13(10)17)20-15-6-4-5-14(19-3)16(15)11(2)18/h4-9,11H,18H2,1-3H3/t11-/m1/s1. The lowest BCUT2D eigenvalue weighted by molar-refractivity contribution is 0.397. The van der Waals surface area contributed by atoms with Crippen molar-refractivity contribution in [2.24, 2.45) is 5.73 Å². The van der Waals surface area contributed by atoms with Gasteiger partial charge in [0, 0.05) is 6.04 Å². The summed E-state index contributed by atoms with van der Waals surface area (Å²) < 4.78 is 24.4. The fourth-order valence-electron chi connectivity index (χ4n) is 2.05. The number of rotatable bonds is 4. The molecule has 0 aromatic heterocycles. The molecule has 0 unspecified atom stereocenters. The van der Waals surface area contributed by atoms with Gasteiger partial charge in [0.15, 0.2) is 0 Å². The summed E-state index contributed by atoms with van der Waals surface area (Å²) in [6.07, 6.45) is 0. The largest absolute Gasteiger partial charge is 0.496 e. The molecule has 0 saturated heterocycles. The maximum Gasteiger partial charge on any atom is 0.135 e. The van der Waals surface area contributed by atoms with Crippen LogP contribution in [0, 0.1) is 12.7 Å². The first-order valence-corrected chi connectivity index (χ1v) is 6.39. The molecule has 4 heteroatoms. The Hall–Kier alpha value is -2.07. The average molecular weight is 275 g/mol. The van der Waals surface area contributed by atoms with E-state index >= 15 is 0 Å². The van der Waals surface area contributed by atoms with Crippen molar-refractivity contribution in [2.75, 3.05) is 7.11 Å². The van der Waals surface area contributed by atoms with Crippen molar-refractivity contribution in [3.05, 3.63) is 53.3 Å². The highest BCUT2D eigenvalue weighted by Gasteiger charge is 2.15. The van der Waals surface area contributed by atoms with Crippen molar-refractivity contribution in [3.63, 3.8) is 0 Å². The molecule has 0 bridgehead atoms. The Morgan fingerprint density at radius 3 is 2.45 bits per heavy atom. The molecule has 3 nitrogen and oxygen atoms in total. The molecule has 0 spiro atoms. The summed E-state index contributed by atoms with van der Waals surface area (Å²) in [6, 6.07) is 9.88. The highest BCUT2D eigenvalue weighted by atomic mass is 19.1. The summed E-state index contributed by atoms with van der Waals surface area (Å²) in [4.78, 5) is 0. The maximum absolute atomic E-state index is 13.3. The van der Waals surface area contributed by atoms with Crippen molar-refractivity contribution < 1.29 is 13.9 Å². The summed E-state index contributed by atoms with van der Waals surface area (Å²) in [5.41, 5.74) is 7.30. The lowest BCUT2D eigenvalue weighted by Crippen LogP contribution is -2.08.